The SMILES string of the molecule is CC(c1ccccc1)c1cc(C2CCCCC2)cc(O)c1Cc1c(O)cc(C2CCCCC2)cc1C(C)c1ccccc1. The van der Waals surface area contributed by atoms with E-state index in [1.165, 1.54) is 97.6 Å². The summed E-state index contributed by atoms with van der Waals surface area (Å²) in [5, 5.41) is 23.5. The minimum absolute atomic E-state index is 0.129. The molecule has 2 aliphatic carbocycles. The van der Waals surface area contributed by atoms with Crippen LogP contribution in [0.4, 0.5) is 0 Å². The van der Waals surface area contributed by atoms with Crippen LogP contribution in [0.1, 0.15) is 146 Å². The molecule has 2 saturated carbocycles. The van der Waals surface area contributed by atoms with Crippen molar-refractivity contribution >= 4 is 0 Å². The molecular weight excluding hydrogens is 524 g/mol. The molecule has 0 aliphatic heterocycles. The Morgan fingerprint density at radius 2 is 0.907 bits per heavy atom. The Labute approximate surface area is 258 Å². The van der Waals surface area contributed by atoms with Crippen molar-refractivity contribution in [3.05, 3.63) is 129 Å². The van der Waals surface area contributed by atoms with Gasteiger partial charge in [-0.15, -0.1) is 0 Å². The van der Waals surface area contributed by atoms with Gasteiger partial charge in [0.15, 0.2) is 0 Å². The van der Waals surface area contributed by atoms with E-state index in [4.69, 9.17) is 0 Å². The number of hydrogen-bond donors (Lipinski definition) is 2. The Hall–Kier alpha value is -3.52. The van der Waals surface area contributed by atoms with Crippen LogP contribution in [0.5, 0.6) is 11.5 Å². The largest absolute Gasteiger partial charge is 0.508 e. The molecule has 0 heterocycles. The third-order valence-corrected chi connectivity index (χ3v) is 10.6. The highest BCUT2D eigenvalue weighted by atomic mass is 16.3. The fourth-order valence-electron chi connectivity index (χ4n) is 7.92. The molecule has 2 aliphatic rings. The average molecular weight is 573 g/mol. The number of aromatic hydroxyl groups is 2. The van der Waals surface area contributed by atoms with Crippen LogP contribution in [-0.4, -0.2) is 10.2 Å². The molecule has 0 amide bonds. The maximum absolute atomic E-state index is 11.8. The van der Waals surface area contributed by atoms with E-state index in [9.17, 15) is 10.2 Å². The van der Waals surface area contributed by atoms with Crippen molar-refractivity contribution in [1.82, 2.24) is 0 Å². The summed E-state index contributed by atoms with van der Waals surface area (Å²) in [7, 11) is 0. The van der Waals surface area contributed by atoms with E-state index < -0.39 is 0 Å². The molecule has 0 saturated heterocycles. The third-order valence-electron chi connectivity index (χ3n) is 10.6. The second-order valence-electron chi connectivity index (χ2n) is 13.3. The summed E-state index contributed by atoms with van der Waals surface area (Å²) >= 11 is 0. The van der Waals surface area contributed by atoms with Gasteiger partial charge in [0.25, 0.3) is 0 Å². The predicted octanol–water partition coefficient (Wildman–Crippen LogP) is 11.1. The van der Waals surface area contributed by atoms with Gasteiger partial charge in [0.2, 0.25) is 0 Å². The molecular formula is C41H48O2. The number of phenols is 2. The molecule has 2 N–H and O–H groups in total. The minimum Gasteiger partial charge on any atom is -0.508 e. The number of benzene rings is 4. The zero-order chi connectivity index (χ0) is 29.8. The number of rotatable bonds is 8. The molecule has 0 spiro atoms. The molecule has 4 aromatic rings. The predicted molar refractivity (Wildman–Crippen MR) is 179 cm³/mol. The summed E-state index contributed by atoms with van der Waals surface area (Å²) in [5.74, 6) is 2.01. The van der Waals surface area contributed by atoms with Crippen LogP contribution in [-0.2, 0) is 6.42 Å². The maximum Gasteiger partial charge on any atom is 0.119 e. The molecule has 0 aromatic heterocycles. The highest BCUT2D eigenvalue weighted by Gasteiger charge is 2.26. The highest BCUT2D eigenvalue weighted by molar-refractivity contribution is 5.55. The molecule has 4 aromatic carbocycles. The van der Waals surface area contributed by atoms with E-state index >= 15 is 0 Å². The molecule has 2 heteroatoms. The molecule has 0 radical (unpaired) electrons. The van der Waals surface area contributed by atoms with Crippen molar-refractivity contribution in [3.63, 3.8) is 0 Å². The number of phenolic OH excluding ortho intramolecular Hbond substituents is 2. The van der Waals surface area contributed by atoms with Crippen molar-refractivity contribution in [2.45, 2.75) is 108 Å². The zero-order valence-electron chi connectivity index (χ0n) is 26.1. The fourth-order valence-corrected chi connectivity index (χ4v) is 7.92. The highest BCUT2D eigenvalue weighted by Crippen LogP contribution is 2.44. The van der Waals surface area contributed by atoms with Crippen LogP contribution in [0.2, 0.25) is 0 Å². The first-order valence-electron chi connectivity index (χ1n) is 16.8. The van der Waals surface area contributed by atoms with E-state index in [1.54, 1.807) is 0 Å². The first kappa shape index (κ1) is 29.5. The smallest absolute Gasteiger partial charge is 0.119 e. The molecule has 6 rings (SSSR count). The van der Waals surface area contributed by atoms with Gasteiger partial charge < -0.3 is 10.2 Å². The van der Waals surface area contributed by atoms with Crippen molar-refractivity contribution < 1.29 is 10.2 Å². The van der Waals surface area contributed by atoms with E-state index in [-0.39, 0.29) is 11.8 Å². The van der Waals surface area contributed by atoms with Gasteiger partial charge in [-0.1, -0.05) is 125 Å². The quantitative estimate of drug-likeness (QED) is 0.220. The lowest BCUT2D eigenvalue weighted by molar-refractivity contribution is 0.434. The topological polar surface area (TPSA) is 40.5 Å². The Morgan fingerprint density at radius 3 is 1.28 bits per heavy atom. The van der Waals surface area contributed by atoms with Crippen LogP contribution in [0.25, 0.3) is 0 Å². The summed E-state index contributed by atoms with van der Waals surface area (Å²) in [4.78, 5) is 0. The molecule has 2 atom stereocenters. The van der Waals surface area contributed by atoms with Crippen LogP contribution >= 0.6 is 0 Å². The molecule has 2 unspecified atom stereocenters. The summed E-state index contributed by atoms with van der Waals surface area (Å²) in [6.07, 6.45) is 13.0. The average Bonchev–Trinajstić information content (AvgIpc) is 3.07. The van der Waals surface area contributed by atoms with Gasteiger partial charge in [-0.05, 0) is 83.0 Å². The van der Waals surface area contributed by atoms with Crippen LogP contribution in [0.15, 0.2) is 84.9 Å². The van der Waals surface area contributed by atoms with Gasteiger partial charge in [0.1, 0.15) is 11.5 Å². The monoisotopic (exact) mass is 572 g/mol. The van der Waals surface area contributed by atoms with Crippen molar-refractivity contribution in [1.29, 1.82) is 0 Å². The van der Waals surface area contributed by atoms with E-state index in [2.05, 4.69) is 86.6 Å². The lowest BCUT2D eigenvalue weighted by Crippen LogP contribution is -2.11. The van der Waals surface area contributed by atoms with Gasteiger partial charge in [-0.25, -0.2) is 0 Å². The molecule has 224 valence electrons. The molecule has 2 fully saturated rings. The van der Waals surface area contributed by atoms with Crippen molar-refractivity contribution in [3.8, 4) is 11.5 Å². The Morgan fingerprint density at radius 1 is 0.535 bits per heavy atom. The van der Waals surface area contributed by atoms with E-state index in [0.29, 0.717) is 29.8 Å². The third kappa shape index (κ3) is 6.54. The van der Waals surface area contributed by atoms with Gasteiger partial charge in [0, 0.05) is 29.4 Å². The van der Waals surface area contributed by atoms with Gasteiger partial charge in [-0.3, -0.25) is 0 Å². The fraction of sp³-hybridized carbons (Fsp3) is 0.415. The number of hydrogen-bond acceptors (Lipinski definition) is 2. The first-order chi connectivity index (χ1) is 21.0. The first-order valence-corrected chi connectivity index (χ1v) is 16.8. The normalized spacial score (nSPS) is 17.9. The van der Waals surface area contributed by atoms with Crippen LogP contribution in [0, 0.1) is 0 Å². The molecule has 2 nitrogen and oxygen atoms in total. The van der Waals surface area contributed by atoms with Crippen LogP contribution < -0.4 is 0 Å². The van der Waals surface area contributed by atoms with E-state index in [1.807, 2.05) is 12.1 Å². The molecule has 0 bridgehead atoms. The lowest BCUT2D eigenvalue weighted by atomic mass is 9.77. The van der Waals surface area contributed by atoms with Crippen molar-refractivity contribution in [2.75, 3.05) is 0 Å². The van der Waals surface area contributed by atoms with Crippen LogP contribution in [0.3, 0.4) is 0 Å². The standard InChI is InChI=1S/C41H48O2/c1-28(30-15-7-3-8-16-30)36-23-34(32-19-11-5-12-20-32)25-40(42)38(36)27-39-37(29(2)31-17-9-4-10-18-31)24-35(26-41(39)43)33-21-13-6-14-22-33/h3-4,7-10,15-18,23-26,28-29,32-33,42-43H,5-6,11-14,19-22,27H2,1-2H3. The lowest BCUT2D eigenvalue weighted by Gasteiger charge is -2.28. The molecule has 43 heavy (non-hydrogen) atoms. The van der Waals surface area contributed by atoms with Gasteiger partial charge in [0.05, 0.1) is 0 Å². The summed E-state index contributed by atoms with van der Waals surface area (Å²) in [5.41, 5.74) is 9.29. The van der Waals surface area contributed by atoms with E-state index in [0.717, 1.165) is 11.1 Å². The summed E-state index contributed by atoms with van der Waals surface area (Å²) < 4.78 is 0. The Kier molecular flexibility index (Phi) is 9.22. The zero-order valence-corrected chi connectivity index (χ0v) is 26.1. The second kappa shape index (κ2) is 13.4. The summed E-state index contributed by atoms with van der Waals surface area (Å²) in [6, 6.07) is 30.2. The maximum atomic E-state index is 11.8. The van der Waals surface area contributed by atoms with Gasteiger partial charge >= 0.3 is 0 Å². The van der Waals surface area contributed by atoms with Crippen molar-refractivity contribution in [2.24, 2.45) is 0 Å². The second-order valence-corrected chi connectivity index (χ2v) is 13.3. The summed E-state index contributed by atoms with van der Waals surface area (Å²) in [6.45, 7) is 4.52. The Balaban J connectivity index is 1.47. The minimum atomic E-state index is 0.129. The van der Waals surface area contributed by atoms with Gasteiger partial charge in [-0.2, -0.15) is 0 Å². The Bertz CT molecular complexity index is 1380.